The van der Waals surface area contributed by atoms with Crippen LogP contribution in [0.25, 0.3) is 0 Å². The zero-order valence-electron chi connectivity index (χ0n) is 11.4. The van der Waals surface area contributed by atoms with Crippen LogP contribution in [0.3, 0.4) is 0 Å². The summed E-state index contributed by atoms with van der Waals surface area (Å²) in [6, 6.07) is 5.88. The second kappa shape index (κ2) is 5.58. The van der Waals surface area contributed by atoms with E-state index in [0.717, 1.165) is 6.20 Å². The molecule has 21 heavy (non-hydrogen) atoms. The maximum absolute atomic E-state index is 11.1. The van der Waals surface area contributed by atoms with Crippen molar-refractivity contribution in [1.82, 2.24) is 4.98 Å². The second-order valence-corrected chi connectivity index (χ2v) is 4.46. The Labute approximate surface area is 120 Å². The van der Waals surface area contributed by atoms with Gasteiger partial charge in [-0.3, -0.25) is 15.1 Å². The summed E-state index contributed by atoms with van der Waals surface area (Å²) in [4.78, 5) is 25.5. The third-order valence-corrected chi connectivity index (χ3v) is 2.76. The van der Waals surface area contributed by atoms with Crippen molar-refractivity contribution in [3.8, 4) is 11.5 Å². The highest BCUT2D eigenvalue weighted by molar-refractivity contribution is 5.90. The highest BCUT2D eigenvalue weighted by Crippen LogP contribution is 2.33. The molecule has 0 atom stereocenters. The molecule has 1 N–H and O–H groups in total. The quantitative estimate of drug-likeness (QED) is 0.685. The van der Waals surface area contributed by atoms with Crippen LogP contribution in [-0.4, -0.2) is 21.0 Å². The standard InChI is InChI=1S/C14H12N2O5/c1-8-3-4-12(11(5-8)16(19)20)21-13-6-9(2)15-7-10(13)14(17)18/h3-7H,1-2H3,(H,17,18). The van der Waals surface area contributed by atoms with Crippen LogP contribution in [-0.2, 0) is 0 Å². The number of carboxylic acid groups (broad SMARTS) is 1. The molecule has 0 spiro atoms. The van der Waals surface area contributed by atoms with Crippen LogP contribution in [0.1, 0.15) is 21.6 Å². The van der Waals surface area contributed by atoms with Crippen LogP contribution in [0.4, 0.5) is 5.69 Å². The van der Waals surface area contributed by atoms with Gasteiger partial charge in [0.25, 0.3) is 0 Å². The van der Waals surface area contributed by atoms with Crippen LogP contribution < -0.4 is 4.74 Å². The molecule has 0 aliphatic heterocycles. The zero-order valence-corrected chi connectivity index (χ0v) is 11.4. The maximum Gasteiger partial charge on any atom is 0.341 e. The average Bonchev–Trinajstić information content (AvgIpc) is 2.40. The lowest BCUT2D eigenvalue weighted by atomic mass is 10.2. The van der Waals surface area contributed by atoms with Crippen LogP contribution in [0.15, 0.2) is 30.5 Å². The van der Waals surface area contributed by atoms with Gasteiger partial charge in [-0.15, -0.1) is 0 Å². The molecule has 0 radical (unpaired) electrons. The minimum absolute atomic E-state index is 0.0151. The molecule has 108 valence electrons. The van der Waals surface area contributed by atoms with Gasteiger partial charge in [0, 0.05) is 24.0 Å². The molecule has 2 aromatic rings. The van der Waals surface area contributed by atoms with Crippen molar-refractivity contribution in [2.45, 2.75) is 13.8 Å². The molecule has 7 heteroatoms. The van der Waals surface area contributed by atoms with Crippen LogP contribution >= 0.6 is 0 Å². The first kappa shape index (κ1) is 14.4. The highest BCUT2D eigenvalue weighted by Gasteiger charge is 2.19. The van der Waals surface area contributed by atoms with Gasteiger partial charge < -0.3 is 9.84 Å². The largest absolute Gasteiger partial charge is 0.477 e. The summed E-state index contributed by atoms with van der Waals surface area (Å²) >= 11 is 0. The summed E-state index contributed by atoms with van der Waals surface area (Å²) in [5.41, 5.74) is 0.874. The van der Waals surface area contributed by atoms with Crippen molar-refractivity contribution >= 4 is 11.7 Å². The topological polar surface area (TPSA) is 103 Å². The van der Waals surface area contributed by atoms with Crippen molar-refractivity contribution < 1.29 is 19.6 Å². The van der Waals surface area contributed by atoms with E-state index in [1.165, 1.54) is 18.2 Å². The van der Waals surface area contributed by atoms with Gasteiger partial charge in [0.15, 0.2) is 0 Å². The molecule has 0 unspecified atom stereocenters. The van der Waals surface area contributed by atoms with Crippen molar-refractivity contribution in [2.75, 3.05) is 0 Å². The maximum atomic E-state index is 11.1. The number of benzene rings is 1. The third-order valence-electron chi connectivity index (χ3n) is 2.76. The van der Waals surface area contributed by atoms with Crippen molar-refractivity contribution in [3.63, 3.8) is 0 Å². The highest BCUT2D eigenvalue weighted by atomic mass is 16.6. The van der Waals surface area contributed by atoms with Gasteiger partial charge in [-0.1, -0.05) is 6.07 Å². The van der Waals surface area contributed by atoms with Gasteiger partial charge in [0.1, 0.15) is 11.3 Å². The Balaban J connectivity index is 2.50. The van der Waals surface area contributed by atoms with Gasteiger partial charge in [-0.05, 0) is 25.5 Å². The van der Waals surface area contributed by atoms with Crippen LogP contribution in [0.2, 0.25) is 0 Å². The molecule has 1 aromatic carbocycles. The number of nitro groups is 1. The molecule has 0 aliphatic carbocycles. The molecule has 1 heterocycles. The predicted molar refractivity (Wildman–Crippen MR) is 73.8 cm³/mol. The van der Waals surface area contributed by atoms with E-state index in [-0.39, 0.29) is 22.7 Å². The monoisotopic (exact) mass is 288 g/mol. The van der Waals surface area contributed by atoms with Crippen molar-refractivity contribution in [3.05, 3.63) is 57.4 Å². The lowest BCUT2D eigenvalue weighted by molar-refractivity contribution is -0.385. The minimum Gasteiger partial charge on any atom is -0.477 e. The predicted octanol–water partition coefficient (Wildman–Crippen LogP) is 3.10. The molecular weight excluding hydrogens is 276 g/mol. The molecule has 0 saturated carbocycles. The Morgan fingerprint density at radius 3 is 2.62 bits per heavy atom. The van der Waals surface area contributed by atoms with E-state index in [4.69, 9.17) is 9.84 Å². The first-order valence-corrected chi connectivity index (χ1v) is 6.01. The van der Waals surface area contributed by atoms with E-state index in [9.17, 15) is 14.9 Å². The fraction of sp³-hybridized carbons (Fsp3) is 0.143. The van der Waals surface area contributed by atoms with E-state index in [2.05, 4.69) is 4.98 Å². The summed E-state index contributed by atoms with van der Waals surface area (Å²) in [7, 11) is 0. The SMILES string of the molecule is Cc1ccc(Oc2cc(C)ncc2C(=O)O)c([N+](=O)[O-])c1. The summed E-state index contributed by atoms with van der Waals surface area (Å²) in [5, 5.41) is 20.2. The molecule has 1 aromatic heterocycles. The van der Waals surface area contributed by atoms with E-state index in [0.29, 0.717) is 11.3 Å². The van der Waals surface area contributed by atoms with E-state index >= 15 is 0 Å². The molecule has 0 fully saturated rings. The molecule has 0 aliphatic rings. The smallest absolute Gasteiger partial charge is 0.341 e. The number of pyridine rings is 1. The number of rotatable bonds is 4. The number of aromatic nitrogens is 1. The fourth-order valence-electron chi connectivity index (χ4n) is 1.75. The van der Waals surface area contributed by atoms with Crippen molar-refractivity contribution in [1.29, 1.82) is 0 Å². The Morgan fingerprint density at radius 2 is 2.00 bits per heavy atom. The molecule has 0 amide bonds. The van der Waals surface area contributed by atoms with E-state index in [1.54, 1.807) is 19.9 Å². The first-order chi connectivity index (χ1) is 9.88. The summed E-state index contributed by atoms with van der Waals surface area (Å²) in [6.45, 7) is 3.39. The number of nitrogens with zero attached hydrogens (tertiary/aromatic N) is 2. The van der Waals surface area contributed by atoms with Gasteiger partial charge in [-0.25, -0.2) is 4.79 Å². The molecule has 0 saturated heterocycles. The van der Waals surface area contributed by atoms with Gasteiger partial charge in [0.05, 0.1) is 4.92 Å². The lowest BCUT2D eigenvalue weighted by Gasteiger charge is -2.09. The number of hydrogen-bond acceptors (Lipinski definition) is 5. The number of ether oxygens (including phenoxy) is 1. The van der Waals surface area contributed by atoms with E-state index in [1.807, 2.05) is 0 Å². The first-order valence-electron chi connectivity index (χ1n) is 6.01. The van der Waals surface area contributed by atoms with Crippen LogP contribution in [0.5, 0.6) is 11.5 Å². The Morgan fingerprint density at radius 1 is 1.29 bits per heavy atom. The second-order valence-electron chi connectivity index (χ2n) is 4.46. The average molecular weight is 288 g/mol. The number of aryl methyl sites for hydroxylation is 2. The molecular formula is C14H12N2O5. The zero-order chi connectivity index (χ0) is 15.6. The summed E-state index contributed by atoms with van der Waals surface area (Å²) in [6.07, 6.45) is 1.16. The normalized spacial score (nSPS) is 10.2. The number of carbonyl (C=O) groups is 1. The number of aromatic carboxylic acids is 1. The number of nitro benzene ring substituents is 1. The third kappa shape index (κ3) is 3.14. The Kier molecular flexibility index (Phi) is 3.84. The molecule has 2 rings (SSSR count). The number of hydrogen-bond donors (Lipinski definition) is 1. The summed E-state index contributed by atoms with van der Waals surface area (Å²) in [5.74, 6) is -1.21. The van der Waals surface area contributed by atoms with Crippen molar-refractivity contribution in [2.24, 2.45) is 0 Å². The van der Waals surface area contributed by atoms with E-state index < -0.39 is 10.9 Å². The molecule has 0 bridgehead atoms. The number of carboxylic acids is 1. The molecule has 7 nitrogen and oxygen atoms in total. The summed E-state index contributed by atoms with van der Waals surface area (Å²) < 4.78 is 5.44. The minimum atomic E-state index is -1.22. The van der Waals surface area contributed by atoms with Gasteiger partial charge >= 0.3 is 11.7 Å². The Hall–Kier alpha value is -2.96. The lowest BCUT2D eigenvalue weighted by Crippen LogP contribution is -2.03. The van der Waals surface area contributed by atoms with Gasteiger partial charge in [-0.2, -0.15) is 0 Å². The Bertz CT molecular complexity index is 727. The van der Waals surface area contributed by atoms with Crippen LogP contribution in [0, 0.1) is 24.0 Å². The van der Waals surface area contributed by atoms with Gasteiger partial charge in [0.2, 0.25) is 5.75 Å². The fourth-order valence-corrected chi connectivity index (χ4v) is 1.75.